The van der Waals surface area contributed by atoms with Crippen LogP contribution in [0.3, 0.4) is 0 Å². The van der Waals surface area contributed by atoms with Crippen LogP contribution in [0.4, 0.5) is 5.82 Å². The number of halogens is 2. The second kappa shape index (κ2) is 9.09. The predicted molar refractivity (Wildman–Crippen MR) is 87.9 cm³/mol. The molecule has 1 N–H and O–H groups in total. The van der Waals surface area contributed by atoms with E-state index < -0.39 is 0 Å². The number of hydrogen-bond acceptors (Lipinski definition) is 6. The number of anilines is 1. The van der Waals surface area contributed by atoms with Crippen LogP contribution in [0, 0.1) is 0 Å². The minimum atomic E-state index is -0.327. The van der Waals surface area contributed by atoms with E-state index in [2.05, 4.69) is 20.2 Å². The van der Waals surface area contributed by atoms with Crippen molar-refractivity contribution in [3.63, 3.8) is 0 Å². The third-order valence-electron chi connectivity index (χ3n) is 3.67. The third-order valence-corrected chi connectivity index (χ3v) is 3.67. The first kappa shape index (κ1) is 18.9. The van der Waals surface area contributed by atoms with Gasteiger partial charge >= 0.3 is 0 Å². The maximum Gasteiger partial charge on any atom is 0.253 e. The van der Waals surface area contributed by atoms with Crippen LogP contribution >= 0.6 is 24.8 Å². The molecule has 0 spiro atoms. The molecule has 1 atom stereocenters. The van der Waals surface area contributed by atoms with Gasteiger partial charge in [-0.1, -0.05) is 0 Å². The Bertz CT molecular complexity index is 451. The molecule has 3 heterocycles. The first-order valence-corrected chi connectivity index (χ1v) is 6.96. The van der Waals surface area contributed by atoms with Crippen LogP contribution < -0.4 is 10.2 Å². The molecule has 0 bridgehead atoms. The summed E-state index contributed by atoms with van der Waals surface area (Å²) >= 11 is 0. The molecule has 2 aliphatic heterocycles. The Morgan fingerprint density at radius 2 is 2.00 bits per heavy atom. The van der Waals surface area contributed by atoms with E-state index in [1.165, 1.54) is 0 Å². The van der Waals surface area contributed by atoms with E-state index in [1.807, 2.05) is 4.90 Å². The van der Waals surface area contributed by atoms with Gasteiger partial charge in [0.25, 0.3) is 5.91 Å². The van der Waals surface area contributed by atoms with Gasteiger partial charge in [0.05, 0.1) is 12.8 Å². The Kier molecular flexibility index (Phi) is 7.81. The summed E-state index contributed by atoms with van der Waals surface area (Å²) < 4.78 is 5.51. The highest BCUT2D eigenvalue weighted by Crippen LogP contribution is 2.13. The third kappa shape index (κ3) is 4.42. The first-order valence-electron chi connectivity index (χ1n) is 6.96. The highest BCUT2D eigenvalue weighted by molar-refractivity contribution is 5.85. The summed E-state index contributed by atoms with van der Waals surface area (Å²) in [6, 6.07) is 0. The molecule has 0 saturated carbocycles. The Balaban J connectivity index is 0.00000121. The molecule has 7 nitrogen and oxygen atoms in total. The summed E-state index contributed by atoms with van der Waals surface area (Å²) in [5.74, 6) is 0.964. The Morgan fingerprint density at radius 1 is 1.23 bits per heavy atom. The standard InChI is InChI=1S/C13H19N5O2.2ClH/c19-13(11-9-15-3-8-20-11)18-6-4-17(5-7-18)12-10-14-1-2-16-12;;/h1-2,10-11,15H,3-9H2;2*1H. The lowest BCUT2D eigenvalue weighted by atomic mass is 10.2. The molecule has 1 unspecified atom stereocenters. The second-order valence-corrected chi connectivity index (χ2v) is 4.94. The van der Waals surface area contributed by atoms with Crippen molar-refractivity contribution in [3.8, 4) is 0 Å². The molecule has 2 aliphatic rings. The highest BCUT2D eigenvalue weighted by atomic mass is 35.5. The second-order valence-electron chi connectivity index (χ2n) is 4.94. The predicted octanol–water partition coefficient (Wildman–Crippen LogP) is -0.0428. The van der Waals surface area contributed by atoms with Gasteiger partial charge in [0, 0.05) is 51.7 Å². The number of carbonyl (C=O) groups is 1. The van der Waals surface area contributed by atoms with Gasteiger partial charge < -0.3 is 19.9 Å². The Hall–Kier alpha value is -1.15. The topological polar surface area (TPSA) is 70.6 Å². The smallest absolute Gasteiger partial charge is 0.253 e. The van der Waals surface area contributed by atoms with Crippen molar-refractivity contribution >= 4 is 36.5 Å². The van der Waals surface area contributed by atoms with Crippen molar-refractivity contribution in [2.24, 2.45) is 0 Å². The fourth-order valence-electron chi connectivity index (χ4n) is 2.54. The lowest BCUT2D eigenvalue weighted by molar-refractivity contribution is -0.145. The fraction of sp³-hybridized carbons (Fsp3) is 0.615. The summed E-state index contributed by atoms with van der Waals surface area (Å²) in [6.45, 7) is 5.02. The molecule has 0 aromatic carbocycles. The van der Waals surface area contributed by atoms with Crippen LogP contribution in [0.15, 0.2) is 18.6 Å². The highest BCUT2D eigenvalue weighted by Gasteiger charge is 2.29. The molecular weight excluding hydrogens is 329 g/mol. The molecule has 2 saturated heterocycles. The van der Waals surface area contributed by atoms with Crippen molar-refractivity contribution in [2.45, 2.75) is 6.10 Å². The average molecular weight is 350 g/mol. The van der Waals surface area contributed by atoms with Crippen molar-refractivity contribution in [3.05, 3.63) is 18.6 Å². The number of carbonyl (C=O) groups excluding carboxylic acids is 1. The van der Waals surface area contributed by atoms with Gasteiger partial charge in [-0.2, -0.15) is 0 Å². The van der Waals surface area contributed by atoms with Crippen LogP contribution in [0.25, 0.3) is 0 Å². The van der Waals surface area contributed by atoms with Gasteiger partial charge in [-0.15, -0.1) is 24.8 Å². The van der Waals surface area contributed by atoms with E-state index >= 15 is 0 Å². The summed E-state index contributed by atoms with van der Waals surface area (Å²) in [5.41, 5.74) is 0. The first-order chi connectivity index (χ1) is 9.84. The molecular formula is C13H21Cl2N5O2. The van der Waals surface area contributed by atoms with E-state index in [-0.39, 0.29) is 36.8 Å². The van der Waals surface area contributed by atoms with Crippen molar-refractivity contribution in [1.82, 2.24) is 20.2 Å². The van der Waals surface area contributed by atoms with Crippen LogP contribution in [0.2, 0.25) is 0 Å². The van der Waals surface area contributed by atoms with Gasteiger partial charge in [-0.05, 0) is 0 Å². The van der Waals surface area contributed by atoms with Gasteiger partial charge in [-0.3, -0.25) is 9.78 Å². The monoisotopic (exact) mass is 349 g/mol. The Labute approximate surface area is 142 Å². The van der Waals surface area contributed by atoms with Crippen LogP contribution in [0.5, 0.6) is 0 Å². The molecule has 0 radical (unpaired) electrons. The van der Waals surface area contributed by atoms with Crippen LogP contribution in [0.1, 0.15) is 0 Å². The average Bonchev–Trinajstić information content (AvgIpc) is 2.56. The van der Waals surface area contributed by atoms with Gasteiger partial charge in [0.2, 0.25) is 0 Å². The molecule has 1 aromatic rings. The van der Waals surface area contributed by atoms with Crippen LogP contribution in [-0.4, -0.2) is 72.8 Å². The van der Waals surface area contributed by atoms with E-state index in [0.717, 1.165) is 25.5 Å². The number of nitrogens with one attached hydrogen (secondary N) is 1. The zero-order valence-electron chi connectivity index (χ0n) is 12.2. The largest absolute Gasteiger partial charge is 0.366 e. The zero-order chi connectivity index (χ0) is 13.8. The van der Waals surface area contributed by atoms with Crippen molar-refractivity contribution in [1.29, 1.82) is 0 Å². The fourth-order valence-corrected chi connectivity index (χ4v) is 2.54. The van der Waals surface area contributed by atoms with Crippen molar-refractivity contribution < 1.29 is 9.53 Å². The summed E-state index contributed by atoms with van der Waals surface area (Å²) in [7, 11) is 0. The number of hydrogen-bond donors (Lipinski definition) is 1. The number of rotatable bonds is 2. The van der Waals surface area contributed by atoms with Gasteiger partial charge in [0.15, 0.2) is 0 Å². The lowest BCUT2D eigenvalue weighted by Gasteiger charge is -2.37. The maximum atomic E-state index is 12.3. The quantitative estimate of drug-likeness (QED) is 0.807. The normalized spacial score (nSPS) is 21.5. The van der Waals surface area contributed by atoms with Gasteiger partial charge in [-0.25, -0.2) is 4.98 Å². The number of aromatic nitrogens is 2. The van der Waals surface area contributed by atoms with Crippen molar-refractivity contribution in [2.75, 3.05) is 50.8 Å². The Morgan fingerprint density at radius 3 is 2.59 bits per heavy atom. The number of piperazine rings is 1. The zero-order valence-corrected chi connectivity index (χ0v) is 13.8. The molecule has 9 heteroatoms. The molecule has 3 rings (SSSR count). The minimum absolute atomic E-state index is 0. The number of amides is 1. The molecule has 0 aliphatic carbocycles. The van der Waals surface area contributed by atoms with E-state index in [4.69, 9.17) is 4.74 Å². The summed E-state index contributed by atoms with van der Waals surface area (Å²) in [4.78, 5) is 24.7. The van der Waals surface area contributed by atoms with Gasteiger partial charge in [0.1, 0.15) is 11.9 Å². The van der Waals surface area contributed by atoms with E-state index in [1.54, 1.807) is 18.6 Å². The van der Waals surface area contributed by atoms with E-state index in [9.17, 15) is 4.79 Å². The molecule has 124 valence electrons. The number of morpholine rings is 1. The molecule has 2 fully saturated rings. The molecule has 22 heavy (non-hydrogen) atoms. The van der Waals surface area contributed by atoms with E-state index in [0.29, 0.717) is 26.2 Å². The SMILES string of the molecule is Cl.Cl.O=C(C1CNCCO1)N1CCN(c2cnccn2)CC1. The number of ether oxygens (including phenoxy) is 1. The number of nitrogens with zero attached hydrogens (tertiary/aromatic N) is 4. The summed E-state index contributed by atoms with van der Waals surface area (Å²) in [6.07, 6.45) is 4.78. The minimum Gasteiger partial charge on any atom is -0.366 e. The maximum absolute atomic E-state index is 12.3. The summed E-state index contributed by atoms with van der Waals surface area (Å²) in [5, 5.41) is 3.19. The lowest BCUT2D eigenvalue weighted by Crippen LogP contribution is -2.55. The molecule has 1 aromatic heterocycles. The van der Waals surface area contributed by atoms with Crippen LogP contribution in [-0.2, 0) is 9.53 Å². The molecule has 1 amide bonds.